The Balaban J connectivity index is 1.73. The Hall–Kier alpha value is -1.93. The van der Waals surface area contributed by atoms with Crippen LogP contribution in [0.3, 0.4) is 0 Å². The molecule has 0 saturated carbocycles. The molecule has 7 nitrogen and oxygen atoms in total. The van der Waals surface area contributed by atoms with Gasteiger partial charge in [-0.2, -0.15) is 11.8 Å². The number of thioether (sulfide) groups is 1. The molecule has 0 spiro atoms. The van der Waals surface area contributed by atoms with Gasteiger partial charge >= 0.3 is 0 Å². The minimum atomic E-state index is -0.443. The normalized spacial score (nSPS) is 23.6. The van der Waals surface area contributed by atoms with Crippen molar-refractivity contribution in [2.24, 2.45) is 11.3 Å². The van der Waals surface area contributed by atoms with Gasteiger partial charge in [-0.15, -0.1) is 0 Å². The summed E-state index contributed by atoms with van der Waals surface area (Å²) in [4.78, 5) is 29.1. The van der Waals surface area contributed by atoms with Crippen LogP contribution in [0.5, 0.6) is 11.5 Å². The molecule has 1 N–H and O–H groups in total. The molecular formula is C20H28N2O5S. The maximum Gasteiger partial charge on any atom is 0.257 e. The Kier molecular flexibility index (Phi) is 6.40. The fraction of sp³-hybridized carbons (Fsp3) is 0.600. The zero-order valence-corrected chi connectivity index (χ0v) is 17.5. The smallest absolute Gasteiger partial charge is 0.257 e. The van der Waals surface area contributed by atoms with Gasteiger partial charge in [-0.1, -0.05) is 6.92 Å². The Labute approximate surface area is 170 Å². The van der Waals surface area contributed by atoms with E-state index in [1.54, 1.807) is 42.0 Å². The van der Waals surface area contributed by atoms with Gasteiger partial charge in [-0.3, -0.25) is 9.59 Å². The maximum absolute atomic E-state index is 13.1. The van der Waals surface area contributed by atoms with Crippen molar-refractivity contribution in [2.75, 3.05) is 58.5 Å². The number of rotatable bonds is 7. The Morgan fingerprint density at radius 1 is 1.21 bits per heavy atom. The molecule has 8 heteroatoms. The Bertz CT molecular complexity index is 743. The molecule has 0 radical (unpaired) electrons. The predicted octanol–water partition coefficient (Wildman–Crippen LogP) is 1.35. The van der Waals surface area contributed by atoms with E-state index in [4.69, 9.17) is 9.47 Å². The lowest BCUT2D eigenvalue weighted by Gasteiger charge is -2.27. The van der Waals surface area contributed by atoms with Gasteiger partial charge in [0.05, 0.1) is 32.1 Å². The van der Waals surface area contributed by atoms with Crippen LogP contribution in [0.25, 0.3) is 0 Å². The topological polar surface area (TPSA) is 79.3 Å². The van der Waals surface area contributed by atoms with Gasteiger partial charge in [0.2, 0.25) is 5.91 Å². The lowest BCUT2D eigenvalue weighted by Crippen LogP contribution is -2.41. The SMILES string of the molecule is CCSCC(=O)N1C[C@H]2CN(C(=O)c3ccc(OC)cc3OC)C[C@@]2(CO)C1. The van der Waals surface area contributed by atoms with Crippen LogP contribution in [0.1, 0.15) is 17.3 Å². The van der Waals surface area contributed by atoms with E-state index in [2.05, 4.69) is 0 Å². The van der Waals surface area contributed by atoms with Crippen LogP contribution >= 0.6 is 11.8 Å². The molecule has 2 fully saturated rings. The number of aliphatic hydroxyl groups is 1. The number of carbonyl (C=O) groups is 2. The largest absolute Gasteiger partial charge is 0.497 e. The highest BCUT2D eigenvalue weighted by molar-refractivity contribution is 7.99. The van der Waals surface area contributed by atoms with Gasteiger partial charge in [0, 0.05) is 43.6 Å². The molecule has 0 aromatic heterocycles. The van der Waals surface area contributed by atoms with Crippen LogP contribution in [0.2, 0.25) is 0 Å². The third kappa shape index (κ3) is 3.80. The van der Waals surface area contributed by atoms with E-state index >= 15 is 0 Å². The molecule has 1 aromatic carbocycles. The van der Waals surface area contributed by atoms with Crippen LogP contribution in [-0.4, -0.2) is 85.2 Å². The van der Waals surface area contributed by atoms with E-state index in [-0.39, 0.29) is 24.3 Å². The van der Waals surface area contributed by atoms with Gasteiger partial charge in [-0.05, 0) is 17.9 Å². The van der Waals surface area contributed by atoms with Crippen molar-refractivity contribution in [3.63, 3.8) is 0 Å². The fourth-order valence-electron chi connectivity index (χ4n) is 4.17. The van der Waals surface area contributed by atoms with E-state index in [0.717, 1.165) is 5.75 Å². The summed E-state index contributed by atoms with van der Waals surface area (Å²) in [6.07, 6.45) is 0. The highest BCUT2D eigenvalue weighted by atomic mass is 32.2. The monoisotopic (exact) mass is 408 g/mol. The summed E-state index contributed by atoms with van der Waals surface area (Å²) in [5, 5.41) is 10.1. The lowest BCUT2D eigenvalue weighted by molar-refractivity contribution is -0.128. The van der Waals surface area contributed by atoms with Crippen molar-refractivity contribution >= 4 is 23.6 Å². The summed E-state index contributed by atoms with van der Waals surface area (Å²) in [6.45, 7) is 4.05. The number of methoxy groups -OCH3 is 2. The summed E-state index contributed by atoms with van der Waals surface area (Å²) in [5.74, 6) is 2.54. The molecule has 28 heavy (non-hydrogen) atoms. The molecular weight excluding hydrogens is 380 g/mol. The zero-order chi connectivity index (χ0) is 20.3. The van der Waals surface area contributed by atoms with Crippen molar-refractivity contribution in [1.29, 1.82) is 0 Å². The van der Waals surface area contributed by atoms with E-state index in [1.807, 2.05) is 11.8 Å². The van der Waals surface area contributed by atoms with Gasteiger partial charge in [0.1, 0.15) is 11.5 Å². The Morgan fingerprint density at radius 2 is 1.93 bits per heavy atom. The third-order valence-corrected chi connectivity index (χ3v) is 6.64. The van der Waals surface area contributed by atoms with Gasteiger partial charge in [-0.25, -0.2) is 0 Å². The molecule has 2 aliphatic heterocycles. The number of fused-ring (bicyclic) bond motifs is 1. The summed E-state index contributed by atoms with van der Waals surface area (Å²) >= 11 is 1.61. The average molecular weight is 409 g/mol. The number of amides is 2. The molecule has 2 aliphatic rings. The zero-order valence-electron chi connectivity index (χ0n) is 16.6. The number of likely N-dealkylation sites (tertiary alicyclic amines) is 2. The lowest BCUT2D eigenvalue weighted by atomic mass is 9.82. The van der Waals surface area contributed by atoms with E-state index in [9.17, 15) is 14.7 Å². The van der Waals surface area contributed by atoms with Crippen molar-refractivity contribution in [3.8, 4) is 11.5 Å². The third-order valence-electron chi connectivity index (χ3n) is 5.78. The van der Waals surface area contributed by atoms with Gasteiger partial charge in [0.15, 0.2) is 0 Å². The number of hydrogen-bond donors (Lipinski definition) is 1. The molecule has 0 aliphatic carbocycles. The van der Waals surface area contributed by atoms with E-state index in [0.29, 0.717) is 49.0 Å². The number of carbonyl (C=O) groups excluding carboxylic acids is 2. The number of benzene rings is 1. The van der Waals surface area contributed by atoms with Crippen LogP contribution in [0, 0.1) is 11.3 Å². The fourth-order valence-corrected chi connectivity index (χ4v) is 4.74. The average Bonchev–Trinajstić information content (AvgIpc) is 3.25. The van der Waals surface area contributed by atoms with Crippen molar-refractivity contribution in [2.45, 2.75) is 6.92 Å². The first-order valence-corrected chi connectivity index (χ1v) is 10.6. The predicted molar refractivity (Wildman–Crippen MR) is 108 cm³/mol. The highest BCUT2D eigenvalue weighted by Crippen LogP contribution is 2.43. The first-order valence-electron chi connectivity index (χ1n) is 9.45. The second kappa shape index (κ2) is 8.61. The van der Waals surface area contributed by atoms with Crippen LogP contribution < -0.4 is 9.47 Å². The molecule has 2 heterocycles. The van der Waals surface area contributed by atoms with Crippen molar-refractivity contribution in [1.82, 2.24) is 9.80 Å². The van der Waals surface area contributed by atoms with Crippen LogP contribution in [0.4, 0.5) is 0 Å². The molecule has 2 atom stereocenters. The van der Waals surface area contributed by atoms with Crippen LogP contribution in [0.15, 0.2) is 18.2 Å². The molecule has 0 unspecified atom stereocenters. The summed E-state index contributed by atoms with van der Waals surface area (Å²) in [5.41, 5.74) is 0.0330. The molecule has 2 saturated heterocycles. The maximum atomic E-state index is 13.1. The summed E-state index contributed by atoms with van der Waals surface area (Å²) in [6, 6.07) is 5.13. The molecule has 0 bridgehead atoms. The number of ether oxygens (including phenoxy) is 2. The number of hydrogen-bond acceptors (Lipinski definition) is 6. The van der Waals surface area contributed by atoms with Crippen molar-refractivity contribution in [3.05, 3.63) is 23.8 Å². The first kappa shape index (κ1) is 20.8. The highest BCUT2D eigenvalue weighted by Gasteiger charge is 2.54. The minimum Gasteiger partial charge on any atom is -0.497 e. The molecule has 1 aromatic rings. The van der Waals surface area contributed by atoms with Gasteiger partial charge in [0.25, 0.3) is 5.91 Å². The summed E-state index contributed by atoms with van der Waals surface area (Å²) in [7, 11) is 3.09. The molecule has 3 rings (SSSR count). The quantitative estimate of drug-likeness (QED) is 0.734. The second-order valence-electron chi connectivity index (χ2n) is 7.38. The van der Waals surface area contributed by atoms with Crippen molar-refractivity contribution < 1.29 is 24.2 Å². The summed E-state index contributed by atoms with van der Waals surface area (Å²) < 4.78 is 10.6. The van der Waals surface area contributed by atoms with Crippen LogP contribution in [-0.2, 0) is 4.79 Å². The van der Waals surface area contributed by atoms with E-state index in [1.165, 1.54) is 7.11 Å². The van der Waals surface area contributed by atoms with E-state index < -0.39 is 5.41 Å². The van der Waals surface area contributed by atoms with Gasteiger partial charge < -0.3 is 24.4 Å². The number of nitrogens with zero attached hydrogens (tertiary/aromatic N) is 2. The minimum absolute atomic E-state index is 0.0358. The second-order valence-corrected chi connectivity index (χ2v) is 8.65. The molecule has 154 valence electrons. The number of aliphatic hydroxyl groups excluding tert-OH is 1. The molecule has 2 amide bonds. The first-order chi connectivity index (χ1) is 13.5. The Morgan fingerprint density at radius 3 is 2.54 bits per heavy atom. The standard InChI is InChI=1S/C20H28N2O5S/c1-4-28-10-18(24)21-8-14-9-22(12-20(14,11-21)13-23)19(25)16-6-5-15(26-2)7-17(16)27-3/h5-7,14,23H,4,8-13H2,1-3H3/t14-,20+/m0/s1.